The van der Waals surface area contributed by atoms with Gasteiger partial charge in [-0.25, -0.2) is 4.98 Å². The number of amides is 1. The van der Waals surface area contributed by atoms with Gasteiger partial charge in [0.25, 0.3) is 5.91 Å². The summed E-state index contributed by atoms with van der Waals surface area (Å²) in [5.41, 5.74) is 6.91. The fourth-order valence-electron chi connectivity index (χ4n) is 2.12. The van der Waals surface area contributed by atoms with Crippen molar-refractivity contribution in [2.45, 2.75) is 12.5 Å². The number of carbonyl (C=O) groups excluding carboxylic acids is 1. The Morgan fingerprint density at radius 1 is 1.47 bits per heavy atom. The van der Waals surface area contributed by atoms with Gasteiger partial charge in [-0.15, -0.1) is 11.3 Å². The van der Waals surface area contributed by atoms with E-state index < -0.39 is 0 Å². The van der Waals surface area contributed by atoms with Crippen molar-refractivity contribution in [3.63, 3.8) is 0 Å². The predicted molar refractivity (Wildman–Crippen MR) is 73.3 cm³/mol. The Morgan fingerprint density at radius 2 is 2.32 bits per heavy atom. The van der Waals surface area contributed by atoms with Crippen LogP contribution in [0.5, 0.6) is 5.75 Å². The minimum absolute atomic E-state index is 0.0413. The number of hydrogen-bond acceptors (Lipinski definition) is 5. The molecule has 6 heteroatoms. The third-order valence-corrected chi connectivity index (χ3v) is 3.69. The molecule has 0 radical (unpaired) electrons. The van der Waals surface area contributed by atoms with Gasteiger partial charge in [0, 0.05) is 17.4 Å². The van der Waals surface area contributed by atoms with Crippen LogP contribution in [0.2, 0.25) is 0 Å². The summed E-state index contributed by atoms with van der Waals surface area (Å²) in [6.45, 7) is 0.598. The highest BCUT2D eigenvalue weighted by Crippen LogP contribution is 2.31. The lowest BCUT2D eigenvalue weighted by Gasteiger charge is -2.26. The number of ether oxygens (including phenoxy) is 1. The second kappa shape index (κ2) is 4.89. The van der Waals surface area contributed by atoms with Crippen LogP contribution in [0.1, 0.15) is 28.5 Å². The molecule has 1 aliphatic rings. The molecule has 1 aromatic heterocycles. The molecule has 0 aliphatic carbocycles. The zero-order chi connectivity index (χ0) is 13.2. The third kappa shape index (κ3) is 2.39. The monoisotopic (exact) mass is 275 g/mol. The first kappa shape index (κ1) is 12.0. The standard InChI is InChI=1S/C13H13N3O2S/c14-13-16-10(7-19-13)12(17)15-9-5-6-18-11-4-2-1-3-8(9)11/h1-4,7,9H,5-6H2,(H2,14,16)(H,15,17). The van der Waals surface area contributed by atoms with Crippen molar-refractivity contribution in [3.05, 3.63) is 40.9 Å². The van der Waals surface area contributed by atoms with Crippen molar-refractivity contribution in [3.8, 4) is 5.75 Å². The first-order valence-electron chi connectivity index (χ1n) is 5.97. The number of anilines is 1. The molecule has 2 heterocycles. The summed E-state index contributed by atoms with van der Waals surface area (Å²) in [6, 6.07) is 7.70. The van der Waals surface area contributed by atoms with Gasteiger partial charge in [0.05, 0.1) is 12.6 Å². The van der Waals surface area contributed by atoms with Crippen molar-refractivity contribution >= 4 is 22.4 Å². The summed E-state index contributed by atoms with van der Waals surface area (Å²) < 4.78 is 5.56. The number of nitrogens with zero attached hydrogens (tertiary/aromatic N) is 1. The van der Waals surface area contributed by atoms with E-state index in [4.69, 9.17) is 10.5 Å². The summed E-state index contributed by atoms with van der Waals surface area (Å²) in [7, 11) is 0. The van der Waals surface area contributed by atoms with E-state index in [1.54, 1.807) is 5.38 Å². The lowest BCUT2D eigenvalue weighted by molar-refractivity contribution is 0.0920. The third-order valence-electron chi connectivity index (χ3n) is 3.02. The second-order valence-corrected chi connectivity index (χ2v) is 5.16. The Balaban J connectivity index is 1.79. The van der Waals surface area contributed by atoms with Crippen molar-refractivity contribution in [1.82, 2.24) is 10.3 Å². The topological polar surface area (TPSA) is 77.2 Å². The molecule has 98 valence electrons. The van der Waals surface area contributed by atoms with E-state index in [1.807, 2.05) is 24.3 Å². The molecule has 0 bridgehead atoms. The number of hydrogen-bond donors (Lipinski definition) is 2. The van der Waals surface area contributed by atoms with Crippen molar-refractivity contribution in [2.75, 3.05) is 12.3 Å². The Labute approximate surface area is 114 Å². The predicted octanol–water partition coefficient (Wildman–Crippen LogP) is 1.98. The van der Waals surface area contributed by atoms with E-state index in [0.717, 1.165) is 17.7 Å². The zero-order valence-corrected chi connectivity index (χ0v) is 10.9. The van der Waals surface area contributed by atoms with Gasteiger partial charge in [-0.1, -0.05) is 18.2 Å². The smallest absolute Gasteiger partial charge is 0.271 e. The Morgan fingerprint density at radius 3 is 3.11 bits per heavy atom. The highest BCUT2D eigenvalue weighted by Gasteiger charge is 2.23. The Kier molecular flexibility index (Phi) is 3.08. The normalized spacial score (nSPS) is 17.4. The van der Waals surface area contributed by atoms with E-state index in [-0.39, 0.29) is 11.9 Å². The maximum absolute atomic E-state index is 12.1. The highest BCUT2D eigenvalue weighted by atomic mass is 32.1. The number of para-hydroxylation sites is 1. The molecule has 3 N–H and O–H groups in total. The van der Waals surface area contributed by atoms with E-state index in [9.17, 15) is 4.79 Å². The van der Waals surface area contributed by atoms with E-state index in [2.05, 4.69) is 10.3 Å². The van der Waals surface area contributed by atoms with Crippen LogP contribution in [0.3, 0.4) is 0 Å². The fraction of sp³-hybridized carbons (Fsp3) is 0.231. The number of nitrogens with one attached hydrogen (secondary N) is 1. The maximum Gasteiger partial charge on any atom is 0.271 e. The Hall–Kier alpha value is -2.08. The number of thiazole rings is 1. The molecule has 19 heavy (non-hydrogen) atoms. The molecule has 0 saturated carbocycles. The summed E-state index contributed by atoms with van der Waals surface area (Å²) in [4.78, 5) is 16.1. The molecule has 1 unspecified atom stereocenters. The van der Waals surface area contributed by atoms with Gasteiger partial charge in [-0.2, -0.15) is 0 Å². The van der Waals surface area contributed by atoms with Crippen LogP contribution in [-0.4, -0.2) is 17.5 Å². The molecule has 1 aliphatic heterocycles. The summed E-state index contributed by atoms with van der Waals surface area (Å²) in [6.07, 6.45) is 0.752. The number of nitrogen functional groups attached to an aromatic ring is 1. The lowest BCUT2D eigenvalue weighted by Crippen LogP contribution is -2.32. The van der Waals surface area contributed by atoms with Gasteiger partial charge in [-0.05, 0) is 6.07 Å². The summed E-state index contributed by atoms with van der Waals surface area (Å²) in [5.74, 6) is 0.631. The number of aromatic nitrogens is 1. The molecule has 1 atom stereocenters. The summed E-state index contributed by atoms with van der Waals surface area (Å²) >= 11 is 1.26. The first-order chi connectivity index (χ1) is 9.24. The van der Waals surface area contributed by atoms with Crippen molar-refractivity contribution < 1.29 is 9.53 Å². The van der Waals surface area contributed by atoms with Crippen LogP contribution in [0.25, 0.3) is 0 Å². The van der Waals surface area contributed by atoms with E-state index in [0.29, 0.717) is 17.4 Å². The number of rotatable bonds is 2. The molecule has 1 aromatic carbocycles. The van der Waals surface area contributed by atoms with Crippen LogP contribution < -0.4 is 15.8 Å². The second-order valence-electron chi connectivity index (χ2n) is 4.27. The van der Waals surface area contributed by atoms with Crippen molar-refractivity contribution in [2.24, 2.45) is 0 Å². The summed E-state index contributed by atoms with van der Waals surface area (Å²) in [5, 5.41) is 5.04. The van der Waals surface area contributed by atoms with Gasteiger partial charge in [-0.3, -0.25) is 4.79 Å². The van der Waals surface area contributed by atoms with Crippen molar-refractivity contribution in [1.29, 1.82) is 0 Å². The number of fused-ring (bicyclic) bond motifs is 1. The maximum atomic E-state index is 12.1. The molecule has 5 nitrogen and oxygen atoms in total. The number of nitrogens with two attached hydrogens (primary N) is 1. The van der Waals surface area contributed by atoms with Gasteiger partial charge in [0.2, 0.25) is 0 Å². The first-order valence-corrected chi connectivity index (χ1v) is 6.85. The minimum atomic E-state index is -0.199. The minimum Gasteiger partial charge on any atom is -0.493 e. The average Bonchev–Trinajstić information content (AvgIpc) is 2.86. The van der Waals surface area contributed by atoms with E-state index in [1.165, 1.54) is 11.3 Å². The van der Waals surface area contributed by atoms with Gasteiger partial charge in [0.1, 0.15) is 11.4 Å². The molecule has 0 saturated heterocycles. The number of benzene rings is 1. The average molecular weight is 275 g/mol. The molecular formula is C13H13N3O2S. The molecule has 1 amide bonds. The van der Waals surface area contributed by atoms with Gasteiger partial charge >= 0.3 is 0 Å². The lowest BCUT2D eigenvalue weighted by atomic mass is 10.0. The highest BCUT2D eigenvalue weighted by molar-refractivity contribution is 7.13. The Bertz CT molecular complexity index is 611. The van der Waals surface area contributed by atoms with Crippen LogP contribution in [-0.2, 0) is 0 Å². The quantitative estimate of drug-likeness (QED) is 0.878. The fourth-order valence-corrected chi connectivity index (χ4v) is 2.66. The van der Waals surface area contributed by atoms with Gasteiger partial charge < -0.3 is 15.8 Å². The molecule has 3 rings (SSSR count). The molecule has 0 spiro atoms. The van der Waals surface area contributed by atoms with Crippen LogP contribution in [0.15, 0.2) is 29.6 Å². The molecule has 2 aromatic rings. The molecular weight excluding hydrogens is 262 g/mol. The van der Waals surface area contributed by atoms with E-state index >= 15 is 0 Å². The van der Waals surface area contributed by atoms with Crippen LogP contribution in [0.4, 0.5) is 5.13 Å². The largest absolute Gasteiger partial charge is 0.493 e. The SMILES string of the molecule is Nc1nc(C(=O)NC2CCOc3ccccc32)cs1. The van der Waals surface area contributed by atoms with Crippen LogP contribution >= 0.6 is 11.3 Å². The van der Waals surface area contributed by atoms with Crippen LogP contribution in [0, 0.1) is 0 Å². The molecule has 0 fully saturated rings. The zero-order valence-electron chi connectivity index (χ0n) is 10.1. The van der Waals surface area contributed by atoms with Gasteiger partial charge in [0.15, 0.2) is 5.13 Å². The number of carbonyl (C=O) groups is 1.